The molecule has 2 heteroatoms. The molecule has 0 amide bonds. The second-order valence-electron chi connectivity index (χ2n) is 3.94. The van der Waals surface area contributed by atoms with E-state index in [1.807, 2.05) is 6.08 Å². The summed E-state index contributed by atoms with van der Waals surface area (Å²) in [6, 6.07) is 0. The standard InChI is InChI=1S/C9H16BrN/c1-4-5-11-6-8(10)9(2,3)7-11/h4,8H,1,5-7H2,2-3H3. The third-order valence-corrected chi connectivity index (χ3v) is 3.81. The van der Waals surface area contributed by atoms with Crippen LogP contribution in [0.1, 0.15) is 13.8 Å². The molecule has 0 aromatic carbocycles. The molecule has 1 saturated heterocycles. The molecule has 1 unspecified atom stereocenters. The third kappa shape index (κ3) is 2.06. The minimum atomic E-state index is 0.420. The Balaban J connectivity index is 2.49. The first-order valence-corrected chi connectivity index (χ1v) is 4.95. The predicted octanol–water partition coefficient (Wildman–Crippen LogP) is 2.28. The van der Waals surface area contributed by atoms with Crippen LogP contribution < -0.4 is 0 Å². The van der Waals surface area contributed by atoms with Crippen LogP contribution in [-0.2, 0) is 0 Å². The van der Waals surface area contributed by atoms with Gasteiger partial charge in [0.15, 0.2) is 0 Å². The van der Waals surface area contributed by atoms with Gasteiger partial charge in [0.2, 0.25) is 0 Å². The highest BCUT2D eigenvalue weighted by Crippen LogP contribution is 2.34. The van der Waals surface area contributed by atoms with Gasteiger partial charge >= 0.3 is 0 Å². The van der Waals surface area contributed by atoms with Crippen molar-refractivity contribution in [3.8, 4) is 0 Å². The quantitative estimate of drug-likeness (QED) is 0.507. The van der Waals surface area contributed by atoms with Crippen molar-refractivity contribution in [3.63, 3.8) is 0 Å². The predicted molar refractivity (Wildman–Crippen MR) is 53.1 cm³/mol. The fourth-order valence-corrected chi connectivity index (χ4v) is 2.09. The van der Waals surface area contributed by atoms with E-state index in [0.717, 1.165) is 13.1 Å². The molecule has 1 nitrogen and oxygen atoms in total. The maximum Gasteiger partial charge on any atom is 0.0336 e. The van der Waals surface area contributed by atoms with E-state index >= 15 is 0 Å². The van der Waals surface area contributed by atoms with Gasteiger partial charge in [-0.05, 0) is 5.41 Å². The lowest BCUT2D eigenvalue weighted by molar-refractivity contribution is 0.316. The number of hydrogen-bond acceptors (Lipinski definition) is 1. The summed E-state index contributed by atoms with van der Waals surface area (Å²) in [5.74, 6) is 0. The van der Waals surface area contributed by atoms with Crippen LogP contribution in [-0.4, -0.2) is 29.4 Å². The summed E-state index contributed by atoms with van der Waals surface area (Å²) >= 11 is 3.69. The second kappa shape index (κ2) is 3.28. The summed E-state index contributed by atoms with van der Waals surface area (Å²) in [4.78, 5) is 3.06. The van der Waals surface area contributed by atoms with Crippen LogP contribution in [0.4, 0.5) is 0 Å². The van der Waals surface area contributed by atoms with Crippen LogP contribution in [0.25, 0.3) is 0 Å². The van der Waals surface area contributed by atoms with Crippen LogP contribution in [0.3, 0.4) is 0 Å². The zero-order chi connectivity index (χ0) is 8.48. The van der Waals surface area contributed by atoms with Crippen LogP contribution >= 0.6 is 15.9 Å². The number of hydrogen-bond donors (Lipinski definition) is 0. The first kappa shape index (κ1) is 9.27. The number of alkyl halides is 1. The topological polar surface area (TPSA) is 3.24 Å². The van der Waals surface area contributed by atoms with E-state index in [1.165, 1.54) is 6.54 Å². The normalized spacial score (nSPS) is 30.6. The summed E-state index contributed by atoms with van der Waals surface area (Å²) in [5, 5.41) is 0. The minimum Gasteiger partial charge on any atom is -0.298 e. The Morgan fingerprint density at radius 2 is 2.36 bits per heavy atom. The molecule has 1 fully saturated rings. The Bertz CT molecular complexity index is 154. The van der Waals surface area contributed by atoms with Crippen molar-refractivity contribution in [2.45, 2.75) is 18.7 Å². The van der Waals surface area contributed by atoms with Crippen LogP contribution in [0, 0.1) is 5.41 Å². The van der Waals surface area contributed by atoms with Gasteiger partial charge in [-0.15, -0.1) is 6.58 Å². The average Bonchev–Trinajstić information content (AvgIpc) is 2.08. The van der Waals surface area contributed by atoms with Crippen LogP contribution in [0.5, 0.6) is 0 Å². The van der Waals surface area contributed by atoms with Crippen molar-refractivity contribution < 1.29 is 0 Å². The van der Waals surface area contributed by atoms with E-state index in [2.05, 4.69) is 41.3 Å². The molecule has 0 aromatic heterocycles. The van der Waals surface area contributed by atoms with Gasteiger partial charge in [-0.2, -0.15) is 0 Å². The van der Waals surface area contributed by atoms with Crippen molar-refractivity contribution in [3.05, 3.63) is 12.7 Å². The molecule has 1 aliphatic rings. The van der Waals surface area contributed by atoms with Gasteiger partial charge in [-0.1, -0.05) is 35.9 Å². The highest BCUT2D eigenvalue weighted by atomic mass is 79.9. The SMILES string of the molecule is C=CCN1CC(Br)C(C)(C)C1. The van der Waals surface area contributed by atoms with Crippen LogP contribution in [0.15, 0.2) is 12.7 Å². The van der Waals surface area contributed by atoms with Gasteiger partial charge in [-0.3, -0.25) is 4.90 Å². The van der Waals surface area contributed by atoms with E-state index in [4.69, 9.17) is 0 Å². The zero-order valence-corrected chi connectivity index (χ0v) is 8.89. The van der Waals surface area contributed by atoms with Crippen molar-refractivity contribution in [2.24, 2.45) is 5.41 Å². The molecule has 1 heterocycles. The highest BCUT2D eigenvalue weighted by molar-refractivity contribution is 9.09. The first-order chi connectivity index (χ1) is 5.06. The van der Waals surface area contributed by atoms with Gasteiger partial charge in [-0.25, -0.2) is 0 Å². The molecule has 0 aliphatic carbocycles. The molecule has 0 bridgehead atoms. The Hall–Kier alpha value is 0.180. The average molecular weight is 218 g/mol. The Morgan fingerprint density at radius 3 is 2.73 bits per heavy atom. The summed E-state index contributed by atoms with van der Waals surface area (Å²) < 4.78 is 0. The van der Waals surface area contributed by atoms with Gasteiger partial charge in [0.1, 0.15) is 0 Å². The third-order valence-electron chi connectivity index (χ3n) is 2.28. The molecule has 0 radical (unpaired) electrons. The van der Waals surface area contributed by atoms with Gasteiger partial charge in [0, 0.05) is 24.5 Å². The van der Waals surface area contributed by atoms with Crippen molar-refractivity contribution >= 4 is 15.9 Å². The lowest BCUT2D eigenvalue weighted by Crippen LogP contribution is -2.23. The fourth-order valence-electron chi connectivity index (χ4n) is 1.54. The number of halogens is 1. The molecule has 1 rings (SSSR count). The van der Waals surface area contributed by atoms with Crippen molar-refractivity contribution in [1.29, 1.82) is 0 Å². The van der Waals surface area contributed by atoms with Gasteiger partial charge in [0.25, 0.3) is 0 Å². The van der Waals surface area contributed by atoms with E-state index in [0.29, 0.717) is 10.2 Å². The lowest BCUT2D eigenvalue weighted by Gasteiger charge is -2.20. The molecule has 11 heavy (non-hydrogen) atoms. The molecular formula is C9H16BrN. The first-order valence-electron chi connectivity index (χ1n) is 4.03. The maximum absolute atomic E-state index is 3.74. The summed E-state index contributed by atoms with van der Waals surface area (Å²) in [6.07, 6.45) is 1.97. The number of likely N-dealkylation sites (tertiary alicyclic amines) is 1. The van der Waals surface area contributed by atoms with Gasteiger partial charge in [0.05, 0.1) is 0 Å². The number of rotatable bonds is 2. The van der Waals surface area contributed by atoms with E-state index < -0.39 is 0 Å². The second-order valence-corrected chi connectivity index (χ2v) is 5.04. The maximum atomic E-state index is 3.74. The van der Waals surface area contributed by atoms with Gasteiger partial charge < -0.3 is 0 Å². The fraction of sp³-hybridized carbons (Fsp3) is 0.778. The molecule has 0 spiro atoms. The largest absolute Gasteiger partial charge is 0.298 e. The van der Waals surface area contributed by atoms with E-state index in [1.54, 1.807) is 0 Å². The highest BCUT2D eigenvalue weighted by Gasteiger charge is 2.36. The van der Waals surface area contributed by atoms with Crippen LogP contribution in [0.2, 0.25) is 0 Å². The summed E-state index contributed by atoms with van der Waals surface area (Å²) in [7, 11) is 0. The molecule has 0 saturated carbocycles. The summed E-state index contributed by atoms with van der Waals surface area (Å²) in [6.45, 7) is 11.7. The van der Waals surface area contributed by atoms with Crippen molar-refractivity contribution in [1.82, 2.24) is 4.90 Å². The lowest BCUT2D eigenvalue weighted by atomic mass is 9.93. The summed E-state index contributed by atoms with van der Waals surface area (Å²) in [5.41, 5.74) is 0.420. The Labute approximate surface area is 77.6 Å². The zero-order valence-electron chi connectivity index (χ0n) is 7.31. The smallest absolute Gasteiger partial charge is 0.0336 e. The molecule has 1 aliphatic heterocycles. The van der Waals surface area contributed by atoms with E-state index in [-0.39, 0.29) is 0 Å². The molecule has 0 N–H and O–H groups in total. The molecular weight excluding hydrogens is 202 g/mol. The monoisotopic (exact) mass is 217 g/mol. The number of nitrogens with zero attached hydrogens (tertiary/aromatic N) is 1. The Kier molecular flexibility index (Phi) is 2.76. The molecule has 64 valence electrons. The van der Waals surface area contributed by atoms with E-state index in [9.17, 15) is 0 Å². The van der Waals surface area contributed by atoms with Crippen molar-refractivity contribution in [2.75, 3.05) is 19.6 Å². The molecule has 1 atom stereocenters. The molecule has 0 aromatic rings. The Morgan fingerprint density at radius 1 is 1.73 bits per heavy atom. The minimum absolute atomic E-state index is 0.420.